The van der Waals surface area contributed by atoms with Crippen LogP contribution in [0.25, 0.3) is 27.8 Å². The van der Waals surface area contributed by atoms with Crippen LogP contribution in [0.5, 0.6) is 11.5 Å². The van der Waals surface area contributed by atoms with Crippen molar-refractivity contribution in [2.24, 2.45) is 0 Å². The quantitative estimate of drug-likeness (QED) is 0.127. The van der Waals surface area contributed by atoms with E-state index in [2.05, 4.69) is 58.2 Å². The topological polar surface area (TPSA) is 111 Å². The van der Waals surface area contributed by atoms with E-state index in [4.69, 9.17) is 9.47 Å². The summed E-state index contributed by atoms with van der Waals surface area (Å²) in [6.07, 6.45) is 3.66. The van der Waals surface area contributed by atoms with Crippen LogP contribution >= 0.6 is 0 Å². The molecule has 1 aliphatic carbocycles. The van der Waals surface area contributed by atoms with Crippen molar-refractivity contribution in [3.63, 3.8) is 0 Å². The highest BCUT2D eigenvalue weighted by atomic mass is 19.1. The number of aromatic nitrogens is 3. The summed E-state index contributed by atoms with van der Waals surface area (Å²) >= 11 is 0. The second-order valence-electron chi connectivity index (χ2n) is 14.9. The Morgan fingerprint density at radius 2 is 1.62 bits per heavy atom. The Morgan fingerprint density at radius 3 is 2.31 bits per heavy atom. The fourth-order valence-electron chi connectivity index (χ4n) is 7.93. The van der Waals surface area contributed by atoms with Crippen LogP contribution in [-0.2, 0) is 17.9 Å². The molecule has 0 radical (unpaired) electrons. The highest BCUT2D eigenvalue weighted by Gasteiger charge is 2.27. The number of rotatable bonds is 11. The zero-order valence-electron chi connectivity index (χ0n) is 32.0. The van der Waals surface area contributed by atoms with Crippen LogP contribution in [0.1, 0.15) is 63.6 Å². The predicted octanol–water partition coefficient (Wildman–Crippen LogP) is 6.09. The van der Waals surface area contributed by atoms with E-state index >= 15 is 0 Å². The standard InChI is InChI=1S/C43H49FN6O5/c1-28(2)48-20-18-47(19-21-48)27-30-8-11-32(12-9-30)33-6-5-7-37(23-33)49-41-38(24-34(44)26-46-41)42(52)50(43(49)53)36-15-13-35(14-16-36)45-25-31-10-17-39(54-4)40(22-31)55-29(3)51/h5-12,17,22-24,26,28,35-36,45H,13-16,18-21,25,27H2,1-4H3. The van der Waals surface area contributed by atoms with Gasteiger partial charge in [-0.3, -0.25) is 24.0 Å². The fourth-order valence-corrected chi connectivity index (χ4v) is 7.93. The molecule has 288 valence electrons. The molecule has 0 bridgehead atoms. The minimum Gasteiger partial charge on any atom is -0.493 e. The van der Waals surface area contributed by atoms with Crippen molar-refractivity contribution >= 4 is 17.0 Å². The Bertz CT molecular complexity index is 2270. The number of ether oxygens (including phenoxy) is 2. The van der Waals surface area contributed by atoms with Gasteiger partial charge in [-0.05, 0) is 92.1 Å². The van der Waals surface area contributed by atoms with Gasteiger partial charge in [0.2, 0.25) is 0 Å². The van der Waals surface area contributed by atoms with Crippen LogP contribution in [0.15, 0.2) is 88.6 Å². The Kier molecular flexibility index (Phi) is 11.6. The number of nitrogens with one attached hydrogen (secondary N) is 1. The third-order valence-electron chi connectivity index (χ3n) is 11.0. The molecule has 1 N–H and O–H groups in total. The van der Waals surface area contributed by atoms with E-state index in [0.29, 0.717) is 42.6 Å². The van der Waals surface area contributed by atoms with E-state index in [1.807, 2.05) is 30.3 Å². The van der Waals surface area contributed by atoms with Crippen molar-refractivity contribution in [1.29, 1.82) is 0 Å². The maximum Gasteiger partial charge on any atom is 0.337 e. The van der Waals surface area contributed by atoms with E-state index in [9.17, 15) is 18.8 Å². The molecule has 5 aromatic rings. The molecule has 2 aromatic heterocycles. The SMILES string of the molecule is COc1ccc(CNC2CCC(n3c(=O)c4cc(F)cnc4n(-c4cccc(-c5ccc(CN6CCN(C(C)C)CC6)cc5)c4)c3=O)CC2)cc1OC(C)=O. The molecule has 1 saturated carbocycles. The molecule has 0 atom stereocenters. The first-order valence-electron chi connectivity index (χ1n) is 19.2. The second-order valence-corrected chi connectivity index (χ2v) is 14.9. The number of hydrogen-bond donors (Lipinski definition) is 1. The van der Waals surface area contributed by atoms with Gasteiger partial charge in [0, 0.05) is 64.3 Å². The van der Waals surface area contributed by atoms with Crippen LogP contribution in [0, 0.1) is 5.82 Å². The van der Waals surface area contributed by atoms with E-state index in [0.717, 1.165) is 68.5 Å². The molecule has 1 saturated heterocycles. The molecule has 0 amide bonds. The third-order valence-corrected chi connectivity index (χ3v) is 11.0. The summed E-state index contributed by atoms with van der Waals surface area (Å²) in [4.78, 5) is 49.2. The largest absolute Gasteiger partial charge is 0.493 e. The van der Waals surface area contributed by atoms with Gasteiger partial charge >= 0.3 is 11.7 Å². The van der Waals surface area contributed by atoms with Gasteiger partial charge in [-0.1, -0.05) is 42.5 Å². The Balaban J connectivity index is 1.09. The lowest BCUT2D eigenvalue weighted by atomic mass is 9.90. The lowest BCUT2D eigenvalue weighted by molar-refractivity contribution is -0.132. The van der Waals surface area contributed by atoms with Crippen LogP contribution in [0.4, 0.5) is 4.39 Å². The highest BCUT2D eigenvalue weighted by Crippen LogP contribution is 2.31. The summed E-state index contributed by atoms with van der Waals surface area (Å²) in [6, 6.07) is 23.1. The van der Waals surface area contributed by atoms with Gasteiger partial charge in [0.25, 0.3) is 5.56 Å². The summed E-state index contributed by atoms with van der Waals surface area (Å²) in [5, 5.41) is 3.63. The molecule has 7 rings (SSSR count). The zero-order valence-corrected chi connectivity index (χ0v) is 32.0. The van der Waals surface area contributed by atoms with Crippen molar-refractivity contribution < 1.29 is 18.7 Å². The van der Waals surface area contributed by atoms with Crippen molar-refractivity contribution in [3.05, 3.63) is 117 Å². The van der Waals surface area contributed by atoms with Gasteiger partial charge in [-0.25, -0.2) is 18.7 Å². The number of carbonyl (C=O) groups excluding carboxylic acids is 1. The second kappa shape index (κ2) is 16.7. The molecule has 1 aliphatic heterocycles. The number of hydrogen-bond acceptors (Lipinski definition) is 9. The van der Waals surface area contributed by atoms with E-state index in [1.54, 1.807) is 12.1 Å². The fraction of sp³-hybridized carbons (Fsp3) is 0.395. The van der Waals surface area contributed by atoms with Crippen LogP contribution in [-0.4, -0.2) is 75.3 Å². The minimum absolute atomic E-state index is 0.0620. The number of carbonyl (C=O) groups is 1. The first-order valence-corrected chi connectivity index (χ1v) is 19.2. The van der Waals surface area contributed by atoms with E-state index < -0.39 is 23.0 Å². The summed E-state index contributed by atoms with van der Waals surface area (Å²) in [6.45, 7) is 11.5. The van der Waals surface area contributed by atoms with Gasteiger partial charge in [-0.2, -0.15) is 0 Å². The summed E-state index contributed by atoms with van der Waals surface area (Å²) < 4.78 is 28.0. The Morgan fingerprint density at radius 1 is 0.891 bits per heavy atom. The summed E-state index contributed by atoms with van der Waals surface area (Å²) in [5.74, 6) is -0.229. The van der Waals surface area contributed by atoms with Gasteiger partial charge in [-0.15, -0.1) is 0 Å². The van der Waals surface area contributed by atoms with E-state index in [-0.39, 0.29) is 23.1 Å². The molecule has 2 aliphatic rings. The molecule has 3 aromatic carbocycles. The number of pyridine rings is 1. The molecule has 0 spiro atoms. The van der Waals surface area contributed by atoms with Crippen LogP contribution in [0.2, 0.25) is 0 Å². The molecule has 3 heterocycles. The maximum atomic E-state index is 14.6. The van der Waals surface area contributed by atoms with Crippen molar-refractivity contribution in [2.75, 3.05) is 33.3 Å². The zero-order chi connectivity index (χ0) is 38.6. The number of esters is 1. The number of fused-ring (bicyclic) bond motifs is 1. The molecule has 11 nitrogen and oxygen atoms in total. The first-order chi connectivity index (χ1) is 26.6. The van der Waals surface area contributed by atoms with Gasteiger partial charge in [0.05, 0.1) is 24.4 Å². The summed E-state index contributed by atoms with van der Waals surface area (Å²) in [5.41, 5.74) is 3.74. The number of halogens is 1. The monoisotopic (exact) mass is 748 g/mol. The number of benzene rings is 3. The maximum absolute atomic E-state index is 14.6. The lowest BCUT2D eigenvalue weighted by Crippen LogP contribution is -2.48. The van der Waals surface area contributed by atoms with Crippen LogP contribution in [0.3, 0.4) is 0 Å². The highest BCUT2D eigenvalue weighted by molar-refractivity contribution is 5.76. The number of methoxy groups -OCH3 is 1. The molecule has 2 fully saturated rings. The van der Waals surface area contributed by atoms with Crippen molar-refractivity contribution in [1.82, 2.24) is 29.2 Å². The number of piperazine rings is 1. The van der Waals surface area contributed by atoms with Gasteiger partial charge in [0.1, 0.15) is 5.82 Å². The van der Waals surface area contributed by atoms with Crippen molar-refractivity contribution in [2.45, 2.75) is 77.7 Å². The lowest BCUT2D eigenvalue weighted by Gasteiger charge is -2.36. The summed E-state index contributed by atoms with van der Waals surface area (Å²) in [7, 11) is 1.52. The molecular formula is C43H49FN6O5. The molecule has 12 heteroatoms. The van der Waals surface area contributed by atoms with Crippen molar-refractivity contribution in [3.8, 4) is 28.3 Å². The van der Waals surface area contributed by atoms with Gasteiger partial charge < -0.3 is 14.8 Å². The predicted molar refractivity (Wildman–Crippen MR) is 211 cm³/mol. The van der Waals surface area contributed by atoms with E-state index in [1.165, 1.54) is 34.8 Å². The van der Waals surface area contributed by atoms with Gasteiger partial charge in [0.15, 0.2) is 17.1 Å². The Labute approximate surface area is 320 Å². The average Bonchev–Trinajstić information content (AvgIpc) is 3.18. The molecular weight excluding hydrogens is 700 g/mol. The molecule has 55 heavy (non-hydrogen) atoms. The normalized spacial score (nSPS) is 18.1. The minimum atomic E-state index is -0.639. The smallest absolute Gasteiger partial charge is 0.337 e. The molecule has 0 unspecified atom stereocenters. The Hall–Kier alpha value is -5.17. The first kappa shape index (κ1) is 38.1. The third kappa shape index (κ3) is 8.56. The van der Waals surface area contributed by atoms with Crippen LogP contribution < -0.4 is 26.0 Å². The average molecular weight is 749 g/mol. The number of nitrogens with zero attached hydrogens (tertiary/aromatic N) is 5.